The van der Waals surface area contributed by atoms with E-state index in [9.17, 15) is 8.42 Å². The van der Waals surface area contributed by atoms with Crippen LogP contribution in [0.3, 0.4) is 0 Å². The SMILES string of the molecule is [C-]#[N+]c1ccc([C@H](C)OS(C)(=O)=O)nc1. The van der Waals surface area contributed by atoms with Gasteiger partial charge in [-0.3, -0.25) is 9.17 Å². The first-order valence-electron chi connectivity index (χ1n) is 4.14. The number of rotatable bonds is 3. The summed E-state index contributed by atoms with van der Waals surface area (Å²) in [5, 5.41) is 0. The van der Waals surface area contributed by atoms with E-state index in [2.05, 4.69) is 9.83 Å². The van der Waals surface area contributed by atoms with Gasteiger partial charge in [-0.1, -0.05) is 6.07 Å². The van der Waals surface area contributed by atoms with Gasteiger partial charge in [0.15, 0.2) is 0 Å². The molecule has 1 atom stereocenters. The summed E-state index contributed by atoms with van der Waals surface area (Å²) in [6.07, 6.45) is 1.72. The van der Waals surface area contributed by atoms with Crippen molar-refractivity contribution in [3.63, 3.8) is 0 Å². The van der Waals surface area contributed by atoms with Crippen molar-refractivity contribution in [1.82, 2.24) is 4.98 Å². The van der Waals surface area contributed by atoms with E-state index >= 15 is 0 Å². The number of hydrogen-bond donors (Lipinski definition) is 0. The Morgan fingerprint density at radius 1 is 1.53 bits per heavy atom. The average molecular weight is 226 g/mol. The second-order valence-corrected chi connectivity index (χ2v) is 4.60. The molecular weight excluding hydrogens is 216 g/mol. The van der Waals surface area contributed by atoms with Crippen molar-refractivity contribution in [3.8, 4) is 0 Å². The molecule has 15 heavy (non-hydrogen) atoms. The second-order valence-electron chi connectivity index (χ2n) is 3.00. The summed E-state index contributed by atoms with van der Waals surface area (Å²) in [7, 11) is -3.49. The van der Waals surface area contributed by atoms with Gasteiger partial charge in [0.05, 0.1) is 18.5 Å². The molecule has 0 saturated carbocycles. The van der Waals surface area contributed by atoms with Crippen LogP contribution in [0.5, 0.6) is 0 Å². The highest BCUT2D eigenvalue weighted by atomic mass is 32.2. The molecule has 0 N–H and O–H groups in total. The number of pyridine rings is 1. The third-order valence-electron chi connectivity index (χ3n) is 1.64. The number of hydrogen-bond acceptors (Lipinski definition) is 4. The minimum Gasteiger partial charge on any atom is -0.270 e. The Labute approximate surface area is 88.7 Å². The van der Waals surface area contributed by atoms with Crippen molar-refractivity contribution in [2.75, 3.05) is 6.26 Å². The van der Waals surface area contributed by atoms with Crippen LogP contribution in [0, 0.1) is 6.57 Å². The molecule has 1 aromatic rings. The maximum absolute atomic E-state index is 10.8. The Bertz CT molecular complexity index is 473. The molecule has 1 heterocycles. The van der Waals surface area contributed by atoms with E-state index in [4.69, 9.17) is 10.8 Å². The van der Waals surface area contributed by atoms with Gasteiger partial charge in [0.2, 0.25) is 5.69 Å². The molecule has 6 heteroatoms. The monoisotopic (exact) mass is 226 g/mol. The molecule has 0 aliphatic rings. The third-order valence-corrected chi connectivity index (χ3v) is 2.27. The fraction of sp³-hybridized carbons (Fsp3) is 0.333. The molecule has 0 saturated heterocycles. The lowest BCUT2D eigenvalue weighted by molar-refractivity contribution is 0.232. The maximum Gasteiger partial charge on any atom is 0.265 e. The number of nitrogens with zero attached hydrogens (tertiary/aromatic N) is 2. The topological polar surface area (TPSA) is 60.6 Å². The second kappa shape index (κ2) is 4.38. The van der Waals surface area contributed by atoms with Gasteiger partial charge in [-0.2, -0.15) is 8.42 Å². The Morgan fingerprint density at radius 2 is 2.20 bits per heavy atom. The van der Waals surface area contributed by atoms with Crippen LogP contribution in [-0.2, 0) is 14.3 Å². The van der Waals surface area contributed by atoms with E-state index in [1.807, 2.05) is 0 Å². The zero-order valence-electron chi connectivity index (χ0n) is 8.34. The Morgan fingerprint density at radius 3 is 2.60 bits per heavy atom. The van der Waals surface area contributed by atoms with Crippen LogP contribution < -0.4 is 0 Å². The first-order valence-corrected chi connectivity index (χ1v) is 5.95. The van der Waals surface area contributed by atoms with Crippen LogP contribution in [-0.4, -0.2) is 19.7 Å². The van der Waals surface area contributed by atoms with Gasteiger partial charge in [0, 0.05) is 6.20 Å². The molecule has 0 fully saturated rings. The molecule has 0 spiro atoms. The highest BCUT2D eigenvalue weighted by molar-refractivity contribution is 7.86. The summed E-state index contributed by atoms with van der Waals surface area (Å²) in [5.74, 6) is 0. The summed E-state index contributed by atoms with van der Waals surface area (Å²) in [6, 6.07) is 3.14. The highest BCUT2D eigenvalue weighted by Gasteiger charge is 2.13. The fourth-order valence-corrected chi connectivity index (χ4v) is 1.64. The molecule has 1 aromatic heterocycles. The van der Waals surface area contributed by atoms with Gasteiger partial charge in [0.25, 0.3) is 10.1 Å². The first kappa shape index (κ1) is 11.6. The zero-order chi connectivity index (χ0) is 11.5. The van der Waals surface area contributed by atoms with Crippen molar-refractivity contribution >= 4 is 15.8 Å². The summed E-state index contributed by atoms with van der Waals surface area (Å²) in [5.41, 5.74) is 0.887. The normalized spacial score (nSPS) is 13.1. The first-order chi connectivity index (χ1) is 6.92. The van der Waals surface area contributed by atoms with Gasteiger partial charge < -0.3 is 0 Å². The minimum absolute atomic E-state index is 0.408. The molecule has 0 aromatic carbocycles. The lowest BCUT2D eigenvalue weighted by Gasteiger charge is -2.09. The van der Waals surface area contributed by atoms with Crippen LogP contribution in [0.4, 0.5) is 5.69 Å². The average Bonchev–Trinajstić information content (AvgIpc) is 2.15. The summed E-state index contributed by atoms with van der Waals surface area (Å²) < 4.78 is 26.4. The molecule has 0 amide bonds. The van der Waals surface area contributed by atoms with Crippen LogP contribution in [0.2, 0.25) is 0 Å². The van der Waals surface area contributed by atoms with Crippen LogP contribution in [0.1, 0.15) is 18.7 Å². The molecule has 1 rings (SSSR count). The largest absolute Gasteiger partial charge is 0.270 e. The van der Waals surface area contributed by atoms with E-state index in [0.717, 1.165) is 6.26 Å². The van der Waals surface area contributed by atoms with Crippen LogP contribution in [0.25, 0.3) is 4.85 Å². The molecule has 0 aliphatic heterocycles. The Balaban J connectivity index is 2.84. The molecule has 0 radical (unpaired) electrons. The van der Waals surface area contributed by atoms with Crippen molar-refractivity contribution in [2.45, 2.75) is 13.0 Å². The lowest BCUT2D eigenvalue weighted by Crippen LogP contribution is -2.08. The van der Waals surface area contributed by atoms with Crippen molar-refractivity contribution < 1.29 is 12.6 Å². The molecule has 80 valence electrons. The zero-order valence-corrected chi connectivity index (χ0v) is 9.15. The minimum atomic E-state index is -3.49. The lowest BCUT2D eigenvalue weighted by atomic mass is 10.2. The molecule has 0 unspecified atom stereocenters. The van der Waals surface area contributed by atoms with Crippen molar-refractivity contribution in [1.29, 1.82) is 0 Å². The van der Waals surface area contributed by atoms with Gasteiger partial charge in [-0.05, 0) is 13.0 Å². The van der Waals surface area contributed by atoms with Crippen LogP contribution in [0.15, 0.2) is 18.3 Å². The standard InChI is InChI=1S/C9H10N2O3S/c1-7(14-15(3,12)13)9-5-4-8(10-2)6-11-9/h4-7H,1,3H3/t7-/m0/s1. The highest BCUT2D eigenvalue weighted by Crippen LogP contribution is 2.18. The molecule has 0 aliphatic carbocycles. The quantitative estimate of drug-likeness (QED) is 0.581. The van der Waals surface area contributed by atoms with Crippen molar-refractivity contribution in [2.24, 2.45) is 0 Å². The molecule has 5 nitrogen and oxygen atoms in total. The maximum atomic E-state index is 10.8. The predicted molar refractivity (Wildman–Crippen MR) is 54.8 cm³/mol. The molecule has 0 bridgehead atoms. The predicted octanol–water partition coefficient (Wildman–Crippen LogP) is 1.67. The summed E-state index contributed by atoms with van der Waals surface area (Å²) in [4.78, 5) is 7.10. The van der Waals surface area contributed by atoms with E-state index in [-0.39, 0.29) is 0 Å². The fourth-order valence-electron chi connectivity index (χ4n) is 1.02. The Kier molecular flexibility index (Phi) is 3.39. The Hall–Kier alpha value is -1.45. The van der Waals surface area contributed by atoms with E-state index in [1.165, 1.54) is 6.20 Å². The van der Waals surface area contributed by atoms with E-state index < -0.39 is 16.2 Å². The number of aromatic nitrogens is 1. The van der Waals surface area contributed by atoms with E-state index in [1.54, 1.807) is 19.1 Å². The third kappa shape index (κ3) is 3.65. The van der Waals surface area contributed by atoms with Gasteiger partial charge >= 0.3 is 0 Å². The van der Waals surface area contributed by atoms with Gasteiger partial charge in [-0.15, -0.1) is 0 Å². The van der Waals surface area contributed by atoms with Gasteiger partial charge in [0.1, 0.15) is 6.10 Å². The van der Waals surface area contributed by atoms with Gasteiger partial charge in [-0.25, -0.2) is 4.85 Å². The molecular formula is C9H10N2O3S. The van der Waals surface area contributed by atoms with E-state index in [0.29, 0.717) is 11.4 Å². The van der Waals surface area contributed by atoms with Crippen molar-refractivity contribution in [3.05, 3.63) is 35.4 Å². The summed E-state index contributed by atoms with van der Waals surface area (Å²) in [6.45, 7) is 8.31. The smallest absolute Gasteiger partial charge is 0.265 e. The summed E-state index contributed by atoms with van der Waals surface area (Å²) >= 11 is 0. The van der Waals surface area contributed by atoms with Crippen LogP contribution >= 0.6 is 0 Å².